The quantitative estimate of drug-likeness (QED) is 0.450. The maximum atomic E-state index is 10.9. The number of ether oxygens (including phenoxy) is 1. The molecule has 3 nitrogen and oxygen atoms in total. The highest BCUT2D eigenvalue weighted by atomic mass is 35.5. The lowest BCUT2D eigenvalue weighted by Crippen LogP contribution is -2.35. The summed E-state index contributed by atoms with van der Waals surface area (Å²) in [6, 6.07) is 19.0. The molecule has 0 aliphatic carbocycles. The second kappa shape index (κ2) is 9.08. The average Bonchev–Trinajstić information content (AvgIpc) is 2.68. The Balaban J connectivity index is 1.97. The zero-order chi connectivity index (χ0) is 21.0. The molecule has 0 heterocycles. The second-order valence-electron chi connectivity index (χ2n) is 7.99. The number of aromatic hydroxyl groups is 1. The molecule has 5 heteroatoms. The molecule has 0 bridgehead atoms. The van der Waals surface area contributed by atoms with E-state index in [-0.39, 0.29) is 11.3 Å². The van der Waals surface area contributed by atoms with E-state index in [2.05, 4.69) is 26.1 Å². The molecule has 0 saturated heterocycles. The minimum atomic E-state index is -0.0862. The van der Waals surface area contributed by atoms with E-state index < -0.39 is 0 Å². The van der Waals surface area contributed by atoms with Gasteiger partial charge in [-0.3, -0.25) is 0 Å². The molecule has 0 amide bonds. The van der Waals surface area contributed by atoms with Gasteiger partial charge in [0.25, 0.3) is 0 Å². The molecule has 0 aliphatic rings. The minimum absolute atomic E-state index is 0.0862. The lowest BCUT2D eigenvalue weighted by molar-refractivity contribution is 0.305. The number of phenols is 1. The van der Waals surface area contributed by atoms with Crippen LogP contribution in [0.15, 0.2) is 60.7 Å². The van der Waals surface area contributed by atoms with Crippen molar-refractivity contribution in [3.05, 3.63) is 81.8 Å². The van der Waals surface area contributed by atoms with Gasteiger partial charge in [0.05, 0.1) is 10.0 Å². The van der Waals surface area contributed by atoms with Crippen LogP contribution in [-0.2, 0) is 13.2 Å². The summed E-state index contributed by atoms with van der Waals surface area (Å²) >= 11 is 12.3. The van der Waals surface area contributed by atoms with Gasteiger partial charge in [-0.05, 0) is 56.2 Å². The summed E-state index contributed by atoms with van der Waals surface area (Å²) in [4.78, 5) is 0. The Labute approximate surface area is 182 Å². The molecular weight excluding hydrogens is 405 g/mol. The molecular formula is C24H25Cl2NO2. The zero-order valence-corrected chi connectivity index (χ0v) is 18.3. The molecule has 0 saturated carbocycles. The van der Waals surface area contributed by atoms with Crippen LogP contribution in [0.5, 0.6) is 11.5 Å². The molecule has 0 radical (unpaired) electrons. The minimum Gasteiger partial charge on any atom is -0.507 e. The van der Waals surface area contributed by atoms with Gasteiger partial charge >= 0.3 is 0 Å². The highest BCUT2D eigenvalue weighted by Crippen LogP contribution is 2.38. The van der Waals surface area contributed by atoms with Gasteiger partial charge in [-0.25, -0.2) is 0 Å². The molecule has 2 N–H and O–H groups in total. The van der Waals surface area contributed by atoms with Crippen molar-refractivity contribution >= 4 is 23.2 Å². The molecule has 0 atom stereocenters. The van der Waals surface area contributed by atoms with Crippen molar-refractivity contribution in [1.29, 1.82) is 0 Å². The Hall–Kier alpha value is -2.20. The van der Waals surface area contributed by atoms with Crippen LogP contribution in [0.4, 0.5) is 0 Å². The van der Waals surface area contributed by atoms with Crippen LogP contribution in [0.1, 0.15) is 31.9 Å². The largest absolute Gasteiger partial charge is 0.507 e. The maximum absolute atomic E-state index is 10.9. The van der Waals surface area contributed by atoms with Crippen molar-refractivity contribution in [2.45, 2.75) is 39.5 Å². The third-order valence-electron chi connectivity index (χ3n) is 4.45. The van der Waals surface area contributed by atoms with E-state index in [1.54, 1.807) is 12.1 Å². The molecule has 3 aromatic carbocycles. The van der Waals surface area contributed by atoms with E-state index in [4.69, 9.17) is 27.9 Å². The first-order chi connectivity index (χ1) is 13.7. The second-order valence-corrected chi connectivity index (χ2v) is 8.80. The normalized spacial score (nSPS) is 11.5. The van der Waals surface area contributed by atoms with Crippen molar-refractivity contribution < 1.29 is 9.84 Å². The van der Waals surface area contributed by atoms with Gasteiger partial charge in [-0.1, -0.05) is 59.6 Å². The van der Waals surface area contributed by atoms with E-state index in [9.17, 15) is 5.11 Å². The van der Waals surface area contributed by atoms with Crippen LogP contribution in [0, 0.1) is 0 Å². The Morgan fingerprint density at radius 1 is 0.931 bits per heavy atom. The molecule has 0 unspecified atom stereocenters. The van der Waals surface area contributed by atoms with Crippen molar-refractivity contribution in [2.24, 2.45) is 0 Å². The number of rotatable bonds is 6. The van der Waals surface area contributed by atoms with Gasteiger partial charge in [-0.2, -0.15) is 0 Å². The Bertz CT molecular complexity index is 982. The standard InChI is InChI=1S/C24H25Cl2NO2/c1-24(2,3)27-14-18-11-19(29-15-16-7-5-4-6-8-16)13-20(23(18)28)17-9-10-21(25)22(26)12-17/h4-13,27-28H,14-15H2,1-3H3. The summed E-state index contributed by atoms with van der Waals surface area (Å²) in [5.74, 6) is 0.880. The van der Waals surface area contributed by atoms with Gasteiger partial charge in [0.15, 0.2) is 0 Å². The topological polar surface area (TPSA) is 41.5 Å². The van der Waals surface area contributed by atoms with Crippen molar-refractivity contribution in [3.8, 4) is 22.6 Å². The van der Waals surface area contributed by atoms with Crippen molar-refractivity contribution in [1.82, 2.24) is 5.32 Å². The van der Waals surface area contributed by atoms with Crippen LogP contribution in [0.3, 0.4) is 0 Å². The Morgan fingerprint density at radius 3 is 2.31 bits per heavy atom. The van der Waals surface area contributed by atoms with Crippen LogP contribution < -0.4 is 10.1 Å². The van der Waals surface area contributed by atoms with Gasteiger partial charge in [0.1, 0.15) is 18.1 Å². The third kappa shape index (κ3) is 5.89. The number of nitrogens with one attached hydrogen (secondary N) is 1. The van der Waals surface area contributed by atoms with E-state index in [0.717, 1.165) is 16.7 Å². The van der Waals surface area contributed by atoms with E-state index in [1.807, 2.05) is 48.5 Å². The predicted octanol–water partition coefficient (Wildman–Crippen LogP) is 6.83. The number of halogens is 2. The highest BCUT2D eigenvalue weighted by Gasteiger charge is 2.16. The van der Waals surface area contributed by atoms with Gasteiger partial charge in [0, 0.05) is 23.2 Å². The number of phenolic OH excluding ortho intramolecular Hbond substituents is 1. The third-order valence-corrected chi connectivity index (χ3v) is 5.19. The Kier molecular flexibility index (Phi) is 6.74. The van der Waals surface area contributed by atoms with Crippen LogP contribution in [0.2, 0.25) is 10.0 Å². The number of hydrogen-bond donors (Lipinski definition) is 2. The van der Waals surface area contributed by atoms with Crippen LogP contribution >= 0.6 is 23.2 Å². The fourth-order valence-electron chi connectivity index (χ4n) is 2.87. The maximum Gasteiger partial charge on any atom is 0.128 e. The first-order valence-corrected chi connectivity index (χ1v) is 10.2. The monoisotopic (exact) mass is 429 g/mol. The van der Waals surface area contributed by atoms with Gasteiger partial charge < -0.3 is 15.2 Å². The fraction of sp³-hybridized carbons (Fsp3) is 0.250. The molecule has 0 aliphatic heterocycles. The number of benzene rings is 3. The van der Waals surface area contributed by atoms with Crippen molar-refractivity contribution in [3.63, 3.8) is 0 Å². The van der Waals surface area contributed by atoms with Crippen LogP contribution in [0.25, 0.3) is 11.1 Å². The molecule has 3 rings (SSSR count). The predicted molar refractivity (Wildman–Crippen MR) is 121 cm³/mol. The highest BCUT2D eigenvalue weighted by molar-refractivity contribution is 6.42. The first kappa shape index (κ1) is 21.5. The summed E-state index contributed by atoms with van der Waals surface area (Å²) in [5.41, 5.74) is 3.17. The zero-order valence-electron chi connectivity index (χ0n) is 16.8. The summed E-state index contributed by atoms with van der Waals surface area (Å²) in [6.07, 6.45) is 0. The lowest BCUT2D eigenvalue weighted by atomic mass is 10.00. The fourth-order valence-corrected chi connectivity index (χ4v) is 3.17. The molecule has 3 aromatic rings. The van der Waals surface area contributed by atoms with Gasteiger partial charge in [-0.15, -0.1) is 0 Å². The molecule has 29 heavy (non-hydrogen) atoms. The van der Waals surface area contributed by atoms with Gasteiger partial charge in [0.2, 0.25) is 0 Å². The molecule has 0 aromatic heterocycles. The first-order valence-electron chi connectivity index (χ1n) is 9.46. The SMILES string of the molecule is CC(C)(C)NCc1cc(OCc2ccccc2)cc(-c2ccc(Cl)c(Cl)c2)c1O. The van der Waals surface area contributed by atoms with Crippen LogP contribution in [-0.4, -0.2) is 10.6 Å². The average molecular weight is 430 g/mol. The lowest BCUT2D eigenvalue weighted by Gasteiger charge is -2.22. The summed E-state index contributed by atoms with van der Waals surface area (Å²) in [6.45, 7) is 7.20. The Morgan fingerprint density at radius 2 is 1.66 bits per heavy atom. The number of hydrogen-bond acceptors (Lipinski definition) is 3. The van der Waals surface area contributed by atoms with E-state index in [0.29, 0.717) is 34.5 Å². The molecule has 0 spiro atoms. The summed E-state index contributed by atoms with van der Waals surface area (Å²) in [5, 5.41) is 15.3. The summed E-state index contributed by atoms with van der Waals surface area (Å²) in [7, 11) is 0. The van der Waals surface area contributed by atoms with E-state index in [1.165, 1.54) is 0 Å². The molecule has 0 fully saturated rings. The van der Waals surface area contributed by atoms with E-state index >= 15 is 0 Å². The van der Waals surface area contributed by atoms with Crippen molar-refractivity contribution in [2.75, 3.05) is 0 Å². The summed E-state index contributed by atoms with van der Waals surface area (Å²) < 4.78 is 6.04. The smallest absolute Gasteiger partial charge is 0.128 e. The molecule has 152 valence electrons.